The molecular formula is C28H39N7O5. The van der Waals surface area contributed by atoms with Crippen LogP contribution in [0.5, 0.6) is 0 Å². The van der Waals surface area contributed by atoms with Crippen LogP contribution >= 0.6 is 0 Å². The van der Waals surface area contributed by atoms with Gasteiger partial charge in [-0.2, -0.15) is 9.78 Å². The molecule has 7 rings (SSSR count). The smallest absolute Gasteiger partial charge is 0.342 e. The standard InChI is InChI=1S/C27H37N7O3.CH2O2/c35-25(33-16-15-32-13-11-21(33)12-14-32)24-22-17-20(29-26(36)28-18-5-1-2-6-18)9-10-23(22)34(31-24)27(37)30-19-7-3-4-8-19;2-1-3/h9-10,17-19,21H,1-8,11-16H2,(H,30,37)(H2,28,29,36);1H,(H,2,3). The first kappa shape index (κ1) is 27.9. The van der Waals surface area contributed by atoms with E-state index in [1.807, 2.05) is 4.90 Å². The lowest BCUT2D eigenvalue weighted by Crippen LogP contribution is -2.42. The first-order valence-electron chi connectivity index (χ1n) is 14.5. The summed E-state index contributed by atoms with van der Waals surface area (Å²) in [5.41, 5.74) is 1.43. The lowest BCUT2D eigenvalue weighted by molar-refractivity contribution is -0.122. The van der Waals surface area contributed by atoms with Crippen LogP contribution < -0.4 is 16.0 Å². The number of hydrogen-bond acceptors (Lipinski definition) is 6. The summed E-state index contributed by atoms with van der Waals surface area (Å²) in [7, 11) is 0. The van der Waals surface area contributed by atoms with E-state index < -0.39 is 0 Å². The van der Waals surface area contributed by atoms with Crippen LogP contribution in [-0.4, -0.2) is 93.4 Å². The first-order valence-corrected chi connectivity index (χ1v) is 14.5. The summed E-state index contributed by atoms with van der Waals surface area (Å²) in [6, 6.07) is 5.31. The predicted octanol–water partition coefficient (Wildman–Crippen LogP) is 3.22. The van der Waals surface area contributed by atoms with Gasteiger partial charge in [0.15, 0.2) is 5.69 Å². The van der Waals surface area contributed by atoms with E-state index >= 15 is 0 Å². The van der Waals surface area contributed by atoms with E-state index in [1.165, 1.54) is 4.68 Å². The fourth-order valence-electron chi connectivity index (χ4n) is 6.53. The van der Waals surface area contributed by atoms with Crippen molar-refractivity contribution in [2.45, 2.75) is 82.3 Å². The Kier molecular flexibility index (Phi) is 8.83. The topological polar surface area (TPSA) is 149 Å². The van der Waals surface area contributed by atoms with Crippen molar-refractivity contribution in [1.82, 2.24) is 30.2 Å². The van der Waals surface area contributed by atoms with Crippen molar-refractivity contribution in [2.75, 3.05) is 31.5 Å². The maximum absolute atomic E-state index is 13.9. The van der Waals surface area contributed by atoms with Crippen LogP contribution in [0.4, 0.5) is 15.3 Å². The van der Waals surface area contributed by atoms with Gasteiger partial charge in [-0.3, -0.25) is 9.59 Å². The summed E-state index contributed by atoms with van der Waals surface area (Å²) >= 11 is 0. The largest absolute Gasteiger partial charge is 0.483 e. The Morgan fingerprint density at radius 3 is 2.15 bits per heavy atom. The molecule has 2 saturated carbocycles. The van der Waals surface area contributed by atoms with Crippen molar-refractivity contribution in [2.24, 2.45) is 0 Å². The maximum atomic E-state index is 13.9. The minimum Gasteiger partial charge on any atom is -0.483 e. The molecule has 0 spiro atoms. The first-order chi connectivity index (χ1) is 19.5. The number of carbonyl (C=O) groups excluding carboxylic acids is 3. The van der Waals surface area contributed by atoms with Gasteiger partial charge < -0.3 is 30.9 Å². The highest BCUT2D eigenvalue weighted by molar-refractivity contribution is 6.08. The van der Waals surface area contributed by atoms with Crippen molar-refractivity contribution in [3.05, 3.63) is 23.9 Å². The highest BCUT2D eigenvalue weighted by Gasteiger charge is 2.35. The molecule has 2 aromatic rings. The molecule has 5 aliphatic rings. The van der Waals surface area contributed by atoms with E-state index in [2.05, 4.69) is 25.9 Å². The fourth-order valence-corrected chi connectivity index (χ4v) is 6.53. The molecule has 40 heavy (non-hydrogen) atoms. The zero-order valence-electron chi connectivity index (χ0n) is 22.8. The normalized spacial score (nSPS) is 22.9. The molecule has 12 nitrogen and oxygen atoms in total. The van der Waals surface area contributed by atoms with Crippen molar-refractivity contribution < 1.29 is 24.3 Å². The number of fused-ring (bicyclic) bond motifs is 5. The lowest BCUT2D eigenvalue weighted by Gasteiger charge is -2.31. The Labute approximate surface area is 233 Å². The third kappa shape index (κ3) is 6.22. The second-order valence-corrected chi connectivity index (χ2v) is 11.2. The minimum absolute atomic E-state index is 0.140. The molecule has 0 unspecified atom stereocenters. The number of benzene rings is 1. The van der Waals surface area contributed by atoms with E-state index in [4.69, 9.17) is 9.90 Å². The molecule has 216 valence electrons. The lowest BCUT2D eigenvalue weighted by atomic mass is 10.0. The van der Waals surface area contributed by atoms with Crippen LogP contribution in [0, 0.1) is 0 Å². The van der Waals surface area contributed by atoms with Gasteiger partial charge in [0.2, 0.25) is 0 Å². The molecule has 3 saturated heterocycles. The molecule has 4 heterocycles. The Bertz CT molecular complexity index is 1230. The predicted molar refractivity (Wildman–Crippen MR) is 150 cm³/mol. The molecule has 1 aromatic carbocycles. The van der Waals surface area contributed by atoms with E-state index in [9.17, 15) is 14.4 Å². The quantitative estimate of drug-likeness (QED) is 0.425. The summed E-state index contributed by atoms with van der Waals surface area (Å²) in [6.45, 7) is 3.29. The second-order valence-electron chi connectivity index (χ2n) is 11.2. The van der Waals surface area contributed by atoms with Gasteiger partial charge in [0.05, 0.1) is 5.52 Å². The van der Waals surface area contributed by atoms with Gasteiger partial charge in [-0.05, 0) is 56.7 Å². The summed E-state index contributed by atoms with van der Waals surface area (Å²) < 4.78 is 1.34. The Morgan fingerprint density at radius 1 is 0.875 bits per heavy atom. The van der Waals surface area contributed by atoms with Gasteiger partial charge in [0.1, 0.15) is 0 Å². The van der Waals surface area contributed by atoms with Crippen LogP contribution in [-0.2, 0) is 4.79 Å². The highest BCUT2D eigenvalue weighted by atomic mass is 16.3. The fraction of sp³-hybridized carbons (Fsp3) is 0.607. The van der Waals surface area contributed by atoms with Gasteiger partial charge in [0, 0.05) is 55.4 Å². The molecule has 2 bridgehead atoms. The third-order valence-corrected chi connectivity index (χ3v) is 8.62. The number of anilines is 1. The number of carboxylic acid groups (broad SMARTS) is 1. The molecular weight excluding hydrogens is 514 g/mol. The van der Waals surface area contributed by atoms with Crippen LogP contribution in [0.1, 0.15) is 74.7 Å². The molecule has 4 N–H and O–H groups in total. The zero-order valence-corrected chi connectivity index (χ0v) is 22.8. The molecule has 2 aliphatic carbocycles. The monoisotopic (exact) mass is 553 g/mol. The van der Waals surface area contributed by atoms with Crippen molar-refractivity contribution >= 4 is 41.0 Å². The number of carbonyl (C=O) groups is 4. The number of amides is 4. The second kappa shape index (κ2) is 12.7. The van der Waals surface area contributed by atoms with E-state index in [1.54, 1.807) is 18.2 Å². The maximum Gasteiger partial charge on any atom is 0.342 e. The van der Waals surface area contributed by atoms with E-state index in [-0.39, 0.29) is 48.3 Å². The average molecular weight is 554 g/mol. The van der Waals surface area contributed by atoms with Crippen LogP contribution in [0.15, 0.2) is 18.2 Å². The highest BCUT2D eigenvalue weighted by Crippen LogP contribution is 2.28. The van der Waals surface area contributed by atoms with Crippen LogP contribution in [0.2, 0.25) is 0 Å². The summed E-state index contributed by atoms with van der Waals surface area (Å²) in [4.78, 5) is 52.5. The Balaban J connectivity index is 0.00000103. The van der Waals surface area contributed by atoms with Crippen molar-refractivity contribution in [3.63, 3.8) is 0 Å². The zero-order chi connectivity index (χ0) is 28.1. The molecule has 1 aromatic heterocycles. The number of aromatic nitrogens is 2. The molecule has 4 amide bonds. The summed E-state index contributed by atoms with van der Waals surface area (Å²) in [6.07, 6.45) is 10.4. The number of nitrogens with zero attached hydrogens (tertiary/aromatic N) is 4. The van der Waals surface area contributed by atoms with Gasteiger partial charge >= 0.3 is 12.1 Å². The van der Waals surface area contributed by atoms with Gasteiger partial charge in [-0.15, -0.1) is 0 Å². The molecule has 0 atom stereocenters. The van der Waals surface area contributed by atoms with Crippen LogP contribution in [0.3, 0.4) is 0 Å². The van der Waals surface area contributed by atoms with Crippen molar-refractivity contribution in [1.29, 1.82) is 0 Å². The van der Waals surface area contributed by atoms with Gasteiger partial charge in [-0.1, -0.05) is 25.7 Å². The number of urea groups is 1. The van der Waals surface area contributed by atoms with Gasteiger partial charge in [0.25, 0.3) is 12.4 Å². The summed E-state index contributed by atoms with van der Waals surface area (Å²) in [5, 5.41) is 21.1. The average Bonchev–Trinajstić information content (AvgIpc) is 3.67. The number of rotatable bonds is 4. The number of piperidine rings is 1. The Hall–Kier alpha value is -3.67. The number of nitrogens with one attached hydrogen (secondary N) is 3. The van der Waals surface area contributed by atoms with Crippen molar-refractivity contribution in [3.8, 4) is 0 Å². The van der Waals surface area contributed by atoms with Gasteiger partial charge in [-0.25, -0.2) is 9.59 Å². The molecule has 0 radical (unpaired) electrons. The Morgan fingerprint density at radius 2 is 1.50 bits per heavy atom. The van der Waals surface area contributed by atoms with E-state index in [0.29, 0.717) is 23.1 Å². The third-order valence-electron chi connectivity index (χ3n) is 8.62. The molecule has 12 heteroatoms. The van der Waals surface area contributed by atoms with Crippen LogP contribution in [0.25, 0.3) is 10.9 Å². The van der Waals surface area contributed by atoms with E-state index in [0.717, 1.165) is 83.8 Å². The summed E-state index contributed by atoms with van der Waals surface area (Å²) in [5.74, 6) is -0.140. The SMILES string of the molecule is O=C(Nc1ccc2c(c1)c(C(=O)N1CCN3CCC1CC3)nn2C(=O)NC1CCCC1)NC1CCCC1.O=CO. The molecule has 5 fully saturated rings. The number of hydrogen-bond donors (Lipinski definition) is 4. The minimum atomic E-state index is -0.307. The molecule has 3 aliphatic heterocycles.